The smallest absolute Gasteiger partial charge is 0.237 e. The number of pyridine rings is 1. The summed E-state index contributed by atoms with van der Waals surface area (Å²) in [6, 6.07) is 6.05. The summed E-state index contributed by atoms with van der Waals surface area (Å²) in [6.45, 7) is 0.439. The second-order valence-electron chi connectivity index (χ2n) is 5.85. The van der Waals surface area contributed by atoms with Crippen molar-refractivity contribution in [3.8, 4) is 0 Å². The van der Waals surface area contributed by atoms with Crippen molar-refractivity contribution in [2.24, 2.45) is 0 Å². The van der Waals surface area contributed by atoms with Crippen LogP contribution < -0.4 is 4.90 Å². The maximum Gasteiger partial charge on any atom is 0.237 e. The molecule has 2 aliphatic rings. The van der Waals surface area contributed by atoms with E-state index in [-0.39, 0.29) is 12.0 Å². The molecule has 1 amide bonds. The molecule has 1 aromatic heterocycles. The van der Waals surface area contributed by atoms with E-state index in [1.807, 2.05) is 25.4 Å². The van der Waals surface area contributed by atoms with E-state index in [0.29, 0.717) is 6.45 Å². The number of amides is 1. The van der Waals surface area contributed by atoms with Gasteiger partial charge in [-0.2, -0.15) is 0 Å². The number of aromatic nitrogens is 1. The maximum atomic E-state index is 12.9. The van der Waals surface area contributed by atoms with Crippen LogP contribution in [0.1, 0.15) is 18.4 Å². The van der Waals surface area contributed by atoms with E-state index in [1.165, 1.54) is 0 Å². The molecular formula is C15H13BrIN2O2P. The van der Waals surface area contributed by atoms with E-state index in [2.05, 4.69) is 49.0 Å². The van der Waals surface area contributed by atoms with Crippen LogP contribution in [0.15, 0.2) is 28.9 Å². The van der Waals surface area contributed by atoms with Gasteiger partial charge in [0.1, 0.15) is 0 Å². The number of benzene rings is 1. The van der Waals surface area contributed by atoms with Gasteiger partial charge < -0.3 is 9.42 Å². The lowest BCUT2D eigenvalue weighted by Gasteiger charge is -2.43. The first kappa shape index (κ1) is 15.2. The lowest BCUT2D eigenvalue weighted by molar-refractivity contribution is -0.129. The summed E-state index contributed by atoms with van der Waals surface area (Å²) in [4.78, 5) is 19.1. The van der Waals surface area contributed by atoms with Gasteiger partial charge in [0.25, 0.3) is 0 Å². The van der Waals surface area contributed by atoms with Crippen LogP contribution in [0.5, 0.6) is 0 Å². The molecule has 1 unspecified atom stereocenters. The zero-order valence-corrected chi connectivity index (χ0v) is 16.5. The van der Waals surface area contributed by atoms with E-state index in [1.54, 1.807) is 4.90 Å². The van der Waals surface area contributed by atoms with Gasteiger partial charge in [-0.15, -0.1) is 0 Å². The Kier molecular flexibility index (Phi) is 3.72. The molecule has 4 rings (SSSR count). The molecular weight excluding hydrogens is 478 g/mol. The molecule has 7 heteroatoms. The van der Waals surface area contributed by atoms with Crippen LogP contribution in [0, 0.1) is 0 Å². The topological polar surface area (TPSA) is 42.4 Å². The Morgan fingerprint density at radius 2 is 2.27 bits per heavy atom. The molecule has 0 radical (unpaired) electrons. The first-order chi connectivity index (χ1) is 10.6. The Balaban J connectivity index is 1.92. The summed E-state index contributed by atoms with van der Waals surface area (Å²) in [7, 11) is 1.84. The molecule has 1 aliphatic heterocycles. The van der Waals surface area contributed by atoms with Gasteiger partial charge in [-0.1, -0.05) is 15.9 Å². The summed E-state index contributed by atoms with van der Waals surface area (Å²) < 4.78 is 6.73. The van der Waals surface area contributed by atoms with Crippen molar-refractivity contribution >= 4 is 66.9 Å². The molecule has 4 nitrogen and oxygen atoms in total. The predicted molar refractivity (Wildman–Crippen MR) is 101 cm³/mol. The summed E-state index contributed by atoms with van der Waals surface area (Å²) in [5.74, 6) is 0.174. The first-order valence-corrected chi connectivity index (χ1v) is 11.8. The Morgan fingerprint density at radius 1 is 1.50 bits per heavy atom. The minimum absolute atomic E-state index is 0.174. The molecule has 1 saturated carbocycles. The highest BCUT2D eigenvalue weighted by Gasteiger charge is 2.59. The number of rotatable bonds is 2. The predicted octanol–water partition coefficient (Wildman–Crippen LogP) is 4.33. The average molecular weight is 491 g/mol. The van der Waals surface area contributed by atoms with Crippen molar-refractivity contribution in [2.75, 3.05) is 11.9 Å². The SMILES string of the molecule is CN1C(=O)C2(CC(OPI)C2)c2c1cnc1ccc(Br)cc21. The molecule has 2 aromatic rings. The number of carbonyl (C=O) groups is 1. The van der Waals surface area contributed by atoms with Gasteiger partial charge in [0.15, 0.2) is 0 Å². The summed E-state index contributed by atoms with van der Waals surface area (Å²) >= 11 is 5.77. The second-order valence-corrected chi connectivity index (χ2v) is 8.48. The minimum Gasteiger partial charge on any atom is -0.349 e. The number of hydrogen-bond acceptors (Lipinski definition) is 3. The number of anilines is 1. The van der Waals surface area contributed by atoms with Crippen LogP contribution in [0.2, 0.25) is 0 Å². The third-order valence-corrected chi connectivity index (χ3v) is 6.41. The van der Waals surface area contributed by atoms with Crippen molar-refractivity contribution in [2.45, 2.75) is 24.4 Å². The lowest BCUT2D eigenvalue weighted by Crippen LogP contribution is -2.51. The summed E-state index contributed by atoms with van der Waals surface area (Å²) in [5.41, 5.74) is 2.57. The number of carbonyl (C=O) groups excluding carboxylic acids is 1. The largest absolute Gasteiger partial charge is 0.349 e. The average Bonchev–Trinajstić information content (AvgIpc) is 2.69. The van der Waals surface area contributed by atoms with E-state index < -0.39 is 5.41 Å². The highest BCUT2D eigenvalue weighted by Crippen LogP contribution is 2.57. The van der Waals surface area contributed by atoms with Crippen LogP contribution >= 0.6 is 44.4 Å². The van der Waals surface area contributed by atoms with Gasteiger partial charge in [-0.25, -0.2) is 0 Å². The number of nitrogens with zero attached hydrogens (tertiary/aromatic N) is 2. The molecule has 1 fully saturated rings. The summed E-state index contributed by atoms with van der Waals surface area (Å²) in [5, 5.41) is 1.07. The van der Waals surface area contributed by atoms with E-state index in [9.17, 15) is 4.79 Å². The second kappa shape index (κ2) is 5.36. The molecule has 1 aromatic carbocycles. The molecule has 0 bridgehead atoms. The highest BCUT2D eigenvalue weighted by atomic mass is 127. The van der Waals surface area contributed by atoms with Crippen LogP contribution in [0.3, 0.4) is 0 Å². The zero-order chi connectivity index (χ0) is 15.5. The third kappa shape index (κ3) is 2.00. The van der Waals surface area contributed by atoms with Crippen LogP contribution in [-0.2, 0) is 14.7 Å². The fraction of sp³-hybridized carbons (Fsp3) is 0.333. The molecule has 22 heavy (non-hydrogen) atoms. The van der Waals surface area contributed by atoms with Crippen molar-refractivity contribution in [1.82, 2.24) is 4.98 Å². The number of likely N-dealkylation sites (N-methyl/N-ethyl adjacent to an activating group) is 1. The first-order valence-electron chi connectivity index (χ1n) is 6.95. The van der Waals surface area contributed by atoms with Gasteiger partial charge in [0.05, 0.1) is 35.4 Å². The third-order valence-electron chi connectivity index (χ3n) is 4.73. The van der Waals surface area contributed by atoms with E-state index in [4.69, 9.17) is 4.52 Å². The fourth-order valence-electron chi connectivity index (χ4n) is 3.69. The van der Waals surface area contributed by atoms with Crippen LogP contribution in [0.25, 0.3) is 10.9 Å². The fourth-order valence-corrected chi connectivity index (χ4v) is 5.42. The number of halogens is 2. The Hall–Kier alpha value is -0.300. The number of fused-ring (bicyclic) bond motifs is 4. The van der Waals surface area contributed by atoms with E-state index in [0.717, 1.165) is 39.5 Å². The van der Waals surface area contributed by atoms with E-state index >= 15 is 0 Å². The van der Waals surface area contributed by atoms with Gasteiger partial charge in [0, 0.05) is 22.5 Å². The Morgan fingerprint density at radius 3 is 3.00 bits per heavy atom. The van der Waals surface area contributed by atoms with Gasteiger partial charge in [-0.3, -0.25) is 9.78 Å². The maximum absolute atomic E-state index is 12.9. The molecule has 0 saturated heterocycles. The quantitative estimate of drug-likeness (QED) is 0.464. The minimum atomic E-state index is -0.424. The molecule has 1 atom stereocenters. The van der Waals surface area contributed by atoms with Crippen molar-refractivity contribution < 1.29 is 9.32 Å². The molecule has 1 spiro atoms. The van der Waals surface area contributed by atoms with Gasteiger partial charge in [0.2, 0.25) is 5.91 Å². The van der Waals surface area contributed by atoms with Gasteiger partial charge >= 0.3 is 0 Å². The highest BCUT2D eigenvalue weighted by molar-refractivity contribution is 14.2. The van der Waals surface area contributed by atoms with Crippen LogP contribution in [-0.4, -0.2) is 24.0 Å². The van der Waals surface area contributed by atoms with Crippen LogP contribution in [0.4, 0.5) is 5.69 Å². The van der Waals surface area contributed by atoms with Gasteiger partial charge in [-0.05, 0) is 53.1 Å². The van der Waals surface area contributed by atoms with Crippen molar-refractivity contribution in [3.63, 3.8) is 0 Å². The van der Waals surface area contributed by atoms with Crippen molar-refractivity contribution in [3.05, 3.63) is 34.4 Å². The number of hydrogen-bond donors (Lipinski definition) is 0. The Labute approximate surface area is 151 Å². The summed E-state index contributed by atoms with van der Waals surface area (Å²) in [6.07, 6.45) is 3.55. The normalized spacial score (nSPS) is 27.1. The lowest BCUT2D eigenvalue weighted by atomic mass is 9.62. The molecule has 1 aliphatic carbocycles. The standard InChI is InChI=1S/C15H13BrIN2O2P/c1-19-12-7-18-11-3-2-8(16)4-10(11)13(12)15(14(19)20)5-9(6-15)21-22-17/h2-4,7,9,22H,5-6H2,1H3. The molecule has 114 valence electrons. The zero-order valence-electron chi connectivity index (χ0n) is 11.8. The Bertz CT molecular complexity index is 794. The molecule has 2 heterocycles. The molecule has 0 N–H and O–H groups in total. The monoisotopic (exact) mass is 490 g/mol. The van der Waals surface area contributed by atoms with Crippen molar-refractivity contribution in [1.29, 1.82) is 0 Å².